The summed E-state index contributed by atoms with van der Waals surface area (Å²) in [6.07, 6.45) is 1.71. The molecular weight excluding hydrogens is 290 g/mol. The van der Waals surface area contributed by atoms with Gasteiger partial charge in [-0.15, -0.1) is 0 Å². The van der Waals surface area contributed by atoms with Crippen molar-refractivity contribution in [2.75, 3.05) is 11.9 Å². The van der Waals surface area contributed by atoms with E-state index in [4.69, 9.17) is 0 Å². The van der Waals surface area contributed by atoms with Crippen molar-refractivity contribution < 1.29 is 9.59 Å². The lowest BCUT2D eigenvalue weighted by molar-refractivity contribution is -0.117. The van der Waals surface area contributed by atoms with E-state index in [9.17, 15) is 9.59 Å². The summed E-state index contributed by atoms with van der Waals surface area (Å²) < 4.78 is 0. The van der Waals surface area contributed by atoms with Crippen molar-refractivity contribution in [1.29, 1.82) is 0 Å². The second kappa shape index (κ2) is 5.50. The van der Waals surface area contributed by atoms with Crippen LogP contribution in [0.1, 0.15) is 31.1 Å². The van der Waals surface area contributed by atoms with E-state index in [0.29, 0.717) is 11.3 Å². The molecule has 0 radical (unpaired) electrons. The molecule has 5 heteroatoms. The maximum Gasteiger partial charge on any atom is 0.256 e. The summed E-state index contributed by atoms with van der Waals surface area (Å²) in [5.41, 5.74) is 2.25. The van der Waals surface area contributed by atoms with Crippen LogP contribution in [-0.4, -0.2) is 33.8 Å². The first-order valence-electron chi connectivity index (χ1n) is 7.53. The van der Waals surface area contributed by atoms with E-state index in [1.54, 1.807) is 23.2 Å². The van der Waals surface area contributed by atoms with Crippen molar-refractivity contribution in [3.8, 4) is 11.3 Å². The van der Waals surface area contributed by atoms with Crippen molar-refractivity contribution >= 4 is 17.5 Å². The van der Waals surface area contributed by atoms with Gasteiger partial charge in [0, 0.05) is 17.3 Å². The van der Waals surface area contributed by atoms with E-state index in [1.807, 2.05) is 45.0 Å². The topological polar surface area (TPSA) is 62.3 Å². The van der Waals surface area contributed by atoms with Crippen molar-refractivity contribution in [2.24, 2.45) is 0 Å². The molecule has 2 heterocycles. The lowest BCUT2D eigenvalue weighted by atomic mass is 10.0. The third kappa shape index (κ3) is 2.95. The molecule has 1 aromatic heterocycles. The smallest absolute Gasteiger partial charge is 0.256 e. The van der Waals surface area contributed by atoms with Gasteiger partial charge in [-0.25, -0.2) is 0 Å². The number of anilines is 1. The Balaban J connectivity index is 2.10. The molecule has 1 aliphatic heterocycles. The van der Waals surface area contributed by atoms with Gasteiger partial charge < -0.3 is 10.2 Å². The minimum absolute atomic E-state index is 0.0515. The molecule has 2 aromatic rings. The Hall–Kier alpha value is -2.69. The number of aromatic nitrogens is 1. The van der Waals surface area contributed by atoms with Crippen LogP contribution in [0.15, 0.2) is 42.6 Å². The van der Waals surface area contributed by atoms with Crippen molar-refractivity contribution in [1.82, 2.24) is 9.88 Å². The number of nitrogens with one attached hydrogen (secondary N) is 1. The summed E-state index contributed by atoms with van der Waals surface area (Å²) in [5.74, 6) is -0.332. The van der Waals surface area contributed by atoms with E-state index in [-0.39, 0.29) is 18.4 Å². The highest BCUT2D eigenvalue weighted by Gasteiger charge is 2.33. The molecule has 0 saturated carbocycles. The molecule has 3 rings (SSSR count). The Kier molecular flexibility index (Phi) is 3.64. The Bertz CT molecular complexity index is 764. The van der Waals surface area contributed by atoms with Crippen LogP contribution in [0, 0.1) is 0 Å². The Morgan fingerprint density at radius 3 is 2.57 bits per heavy atom. The fraction of sp³-hybridized carbons (Fsp3) is 0.278. The van der Waals surface area contributed by atoms with Crippen molar-refractivity contribution in [3.63, 3.8) is 0 Å². The standard InChI is InChI=1S/C18H19N3O2/c1-18(2,3)21-11-16(22)20-15-8-7-12(10-13(15)17(21)23)14-6-4-5-9-19-14/h4-10H,11H2,1-3H3,(H,20,22). The molecule has 1 N–H and O–H groups in total. The number of carbonyl (C=O) groups excluding carboxylic acids is 2. The van der Waals surface area contributed by atoms with E-state index >= 15 is 0 Å². The van der Waals surface area contributed by atoms with Gasteiger partial charge in [0.1, 0.15) is 6.54 Å². The molecule has 1 aliphatic rings. The van der Waals surface area contributed by atoms with Crippen molar-refractivity contribution in [3.05, 3.63) is 48.2 Å². The minimum Gasteiger partial charge on any atom is -0.324 e. The monoisotopic (exact) mass is 309 g/mol. The molecule has 5 nitrogen and oxygen atoms in total. The van der Waals surface area contributed by atoms with E-state index in [1.165, 1.54) is 0 Å². The Labute approximate surface area is 135 Å². The van der Waals surface area contributed by atoms with Gasteiger partial charge in [0.25, 0.3) is 5.91 Å². The number of pyridine rings is 1. The number of amides is 2. The number of carbonyl (C=O) groups is 2. The highest BCUT2D eigenvalue weighted by molar-refractivity contribution is 6.09. The van der Waals surface area contributed by atoms with Gasteiger partial charge >= 0.3 is 0 Å². The zero-order valence-corrected chi connectivity index (χ0v) is 13.5. The molecule has 0 fully saturated rings. The highest BCUT2D eigenvalue weighted by atomic mass is 16.2. The summed E-state index contributed by atoms with van der Waals surface area (Å²) in [4.78, 5) is 30.9. The van der Waals surface area contributed by atoms with E-state index < -0.39 is 5.54 Å². The van der Waals surface area contributed by atoms with Gasteiger partial charge in [-0.3, -0.25) is 14.6 Å². The molecule has 0 bridgehead atoms. The summed E-state index contributed by atoms with van der Waals surface area (Å²) in [6, 6.07) is 11.1. The van der Waals surface area contributed by atoms with Crippen LogP contribution in [0.25, 0.3) is 11.3 Å². The second-order valence-corrected chi connectivity index (χ2v) is 6.59. The quantitative estimate of drug-likeness (QED) is 0.881. The van der Waals surface area contributed by atoms with Crippen LogP contribution in [-0.2, 0) is 4.79 Å². The fourth-order valence-electron chi connectivity index (χ4n) is 2.62. The number of hydrogen-bond donors (Lipinski definition) is 1. The Morgan fingerprint density at radius 2 is 1.91 bits per heavy atom. The van der Waals surface area contributed by atoms with Crippen molar-refractivity contribution in [2.45, 2.75) is 26.3 Å². The average molecular weight is 309 g/mol. The second-order valence-electron chi connectivity index (χ2n) is 6.59. The maximum atomic E-state index is 12.9. The molecule has 0 spiro atoms. The molecule has 0 aliphatic carbocycles. The molecule has 0 atom stereocenters. The lowest BCUT2D eigenvalue weighted by Crippen LogP contribution is -2.47. The fourth-order valence-corrected chi connectivity index (χ4v) is 2.62. The first-order valence-corrected chi connectivity index (χ1v) is 7.53. The van der Waals surface area contributed by atoms with Gasteiger partial charge in [-0.2, -0.15) is 0 Å². The van der Waals surface area contributed by atoms with Gasteiger partial charge in [0.05, 0.1) is 16.9 Å². The number of nitrogens with zero attached hydrogens (tertiary/aromatic N) is 2. The normalized spacial score (nSPS) is 15.0. The SMILES string of the molecule is CC(C)(C)N1CC(=O)Nc2ccc(-c3ccccn3)cc2C1=O. The van der Waals surface area contributed by atoms with Crippen LogP contribution in [0.4, 0.5) is 5.69 Å². The largest absolute Gasteiger partial charge is 0.324 e. The van der Waals surface area contributed by atoms with Gasteiger partial charge in [0.15, 0.2) is 0 Å². The summed E-state index contributed by atoms with van der Waals surface area (Å²) >= 11 is 0. The number of rotatable bonds is 1. The number of benzene rings is 1. The van der Waals surface area contributed by atoms with E-state index in [0.717, 1.165) is 11.3 Å². The van der Waals surface area contributed by atoms with E-state index in [2.05, 4.69) is 10.3 Å². The van der Waals surface area contributed by atoms with Crippen LogP contribution in [0.5, 0.6) is 0 Å². The maximum absolute atomic E-state index is 12.9. The molecule has 0 unspecified atom stereocenters. The highest BCUT2D eigenvalue weighted by Crippen LogP contribution is 2.29. The van der Waals surface area contributed by atoms with Gasteiger partial charge in [0.2, 0.25) is 5.91 Å². The molecule has 2 amide bonds. The van der Waals surface area contributed by atoms with Crippen LogP contribution < -0.4 is 5.32 Å². The molecule has 1 aromatic carbocycles. The zero-order chi connectivity index (χ0) is 16.6. The summed E-state index contributed by atoms with van der Waals surface area (Å²) in [5, 5.41) is 2.81. The molecule has 23 heavy (non-hydrogen) atoms. The predicted octanol–water partition coefficient (Wildman–Crippen LogP) is 2.94. The molecule has 118 valence electrons. The van der Waals surface area contributed by atoms with Crippen LogP contribution >= 0.6 is 0 Å². The lowest BCUT2D eigenvalue weighted by Gasteiger charge is -2.34. The van der Waals surface area contributed by atoms with Crippen LogP contribution in [0.3, 0.4) is 0 Å². The molecule has 0 saturated heterocycles. The third-order valence-electron chi connectivity index (χ3n) is 3.84. The average Bonchev–Trinajstić information content (AvgIpc) is 2.64. The summed E-state index contributed by atoms with van der Waals surface area (Å²) in [7, 11) is 0. The van der Waals surface area contributed by atoms with Gasteiger partial charge in [-0.1, -0.05) is 12.1 Å². The third-order valence-corrected chi connectivity index (χ3v) is 3.84. The van der Waals surface area contributed by atoms with Gasteiger partial charge in [-0.05, 0) is 45.0 Å². The Morgan fingerprint density at radius 1 is 1.13 bits per heavy atom. The zero-order valence-electron chi connectivity index (χ0n) is 13.5. The first-order chi connectivity index (χ1) is 10.9. The van der Waals surface area contributed by atoms with Crippen LogP contribution in [0.2, 0.25) is 0 Å². The number of hydrogen-bond acceptors (Lipinski definition) is 3. The summed E-state index contributed by atoms with van der Waals surface area (Å²) in [6.45, 7) is 5.82. The number of fused-ring (bicyclic) bond motifs is 1. The first kappa shape index (κ1) is 15.2. The predicted molar refractivity (Wildman–Crippen MR) is 89.1 cm³/mol. The minimum atomic E-state index is -0.433. The molecular formula is C18H19N3O2.